The lowest BCUT2D eigenvalue weighted by Gasteiger charge is -2.43. The number of aromatic nitrogens is 3. The van der Waals surface area contributed by atoms with Crippen molar-refractivity contribution in [2.45, 2.75) is 70.0 Å². The fourth-order valence-electron chi connectivity index (χ4n) is 5.94. The first-order valence-electron chi connectivity index (χ1n) is 14.2. The average molecular weight is 580 g/mol. The highest BCUT2D eigenvalue weighted by Crippen LogP contribution is 2.48. The number of rotatable bonds is 10. The minimum atomic E-state index is -3.18. The molecule has 5 rings (SSSR count). The largest absolute Gasteiger partial charge is 0.490 e. The predicted molar refractivity (Wildman–Crippen MR) is 157 cm³/mol. The molecule has 41 heavy (non-hydrogen) atoms. The van der Waals surface area contributed by atoms with Gasteiger partial charge in [0, 0.05) is 62.7 Å². The predicted octanol–water partition coefficient (Wildman–Crippen LogP) is 5.06. The van der Waals surface area contributed by atoms with E-state index in [-0.39, 0.29) is 30.1 Å². The summed E-state index contributed by atoms with van der Waals surface area (Å²) in [5.74, 6) is 0.424. The van der Waals surface area contributed by atoms with Gasteiger partial charge in [0.1, 0.15) is 11.9 Å². The smallest absolute Gasteiger partial charge is 0.247 e. The van der Waals surface area contributed by atoms with E-state index in [1.54, 1.807) is 31.1 Å². The van der Waals surface area contributed by atoms with Crippen molar-refractivity contribution >= 4 is 25.7 Å². The molecule has 4 atom stereocenters. The fourth-order valence-corrected chi connectivity index (χ4v) is 7.90. The number of aliphatic hydroxyl groups excluding tert-OH is 1. The van der Waals surface area contributed by atoms with Gasteiger partial charge < -0.3 is 18.7 Å². The van der Waals surface area contributed by atoms with Crippen molar-refractivity contribution in [2.75, 3.05) is 18.7 Å². The Morgan fingerprint density at radius 1 is 1.20 bits per heavy atom. The number of nitrogens with zero attached hydrogens (tertiary/aromatic N) is 5. The van der Waals surface area contributed by atoms with Gasteiger partial charge in [-0.3, -0.25) is 9.48 Å². The van der Waals surface area contributed by atoms with Crippen LogP contribution in [-0.2, 0) is 22.5 Å². The SMILES string of the molecule is CO[C@@H]1c2cc(N3N=C(c4ccccc4)CCC3=O)ccc2O[C@H](C(CCn2cc(CCO)nn2)[Si](C)(C)F)[C@H]1C. The first-order valence-corrected chi connectivity index (χ1v) is 17.1. The third-order valence-corrected chi connectivity index (χ3v) is 10.5. The van der Waals surface area contributed by atoms with Gasteiger partial charge in [-0.2, -0.15) is 5.10 Å². The molecule has 2 aliphatic rings. The molecule has 0 aliphatic carbocycles. The Hall–Kier alpha value is -3.41. The average Bonchev–Trinajstić information content (AvgIpc) is 3.41. The van der Waals surface area contributed by atoms with Crippen LogP contribution >= 0.6 is 0 Å². The number of amides is 1. The lowest BCUT2D eigenvalue weighted by Crippen LogP contribution is -2.46. The number of carbonyl (C=O) groups excluding carboxylic acids is 1. The van der Waals surface area contributed by atoms with Crippen LogP contribution in [0.5, 0.6) is 5.75 Å². The van der Waals surface area contributed by atoms with Gasteiger partial charge in [0.05, 0.1) is 23.2 Å². The molecule has 0 fully saturated rings. The van der Waals surface area contributed by atoms with Crippen molar-refractivity contribution in [1.29, 1.82) is 0 Å². The Bertz CT molecular complexity index is 1390. The first-order chi connectivity index (χ1) is 19.7. The standard InChI is InChI=1S/C30H38FN5O4Si/c1-20-29(39-2)24-18-23(36-28(38)13-11-25(33-36)21-8-6-5-7-9-21)10-12-26(24)40-30(20)27(41(3,4)31)14-16-35-19-22(15-17-37)32-34-35/h5-10,12,18-20,27,29-30,37H,11,13-17H2,1-4H3/t20-,27?,29-,30-/m0/s1. The fraction of sp³-hybridized carbons (Fsp3) is 0.467. The summed E-state index contributed by atoms with van der Waals surface area (Å²) < 4.78 is 30.1. The van der Waals surface area contributed by atoms with Crippen molar-refractivity contribution in [3.8, 4) is 5.75 Å². The van der Waals surface area contributed by atoms with Crippen molar-refractivity contribution in [3.63, 3.8) is 0 Å². The van der Waals surface area contributed by atoms with Crippen LogP contribution in [0.2, 0.25) is 18.6 Å². The number of ether oxygens (including phenoxy) is 2. The number of aryl methyl sites for hydroxylation is 1. The molecule has 0 bridgehead atoms. The summed E-state index contributed by atoms with van der Waals surface area (Å²) in [5, 5.41) is 23.6. The molecule has 0 saturated carbocycles. The molecule has 9 nitrogen and oxygen atoms in total. The number of hydrogen-bond acceptors (Lipinski definition) is 7. The second-order valence-electron chi connectivity index (χ2n) is 11.3. The lowest BCUT2D eigenvalue weighted by molar-refractivity contribution is -0.118. The molecule has 3 heterocycles. The van der Waals surface area contributed by atoms with E-state index in [4.69, 9.17) is 19.7 Å². The molecule has 0 radical (unpaired) electrons. The topological polar surface area (TPSA) is 102 Å². The van der Waals surface area contributed by atoms with E-state index in [2.05, 4.69) is 10.3 Å². The van der Waals surface area contributed by atoms with E-state index in [9.17, 15) is 4.79 Å². The minimum absolute atomic E-state index is 0.00512. The number of hydrogen-bond donors (Lipinski definition) is 1. The summed E-state index contributed by atoms with van der Waals surface area (Å²) in [7, 11) is -1.53. The summed E-state index contributed by atoms with van der Waals surface area (Å²) in [6.45, 7) is 5.98. The normalized spacial score (nSPS) is 21.7. The highest BCUT2D eigenvalue weighted by molar-refractivity contribution is 6.72. The van der Waals surface area contributed by atoms with Crippen molar-refractivity contribution in [2.24, 2.45) is 11.0 Å². The van der Waals surface area contributed by atoms with Crippen LogP contribution in [0.3, 0.4) is 0 Å². The molecule has 1 aromatic heterocycles. The number of benzene rings is 2. The Balaban J connectivity index is 1.41. The van der Waals surface area contributed by atoms with Crippen molar-refractivity contribution in [3.05, 3.63) is 71.5 Å². The molecule has 2 aromatic carbocycles. The van der Waals surface area contributed by atoms with E-state index in [1.807, 2.05) is 55.5 Å². The molecule has 3 aromatic rings. The zero-order valence-electron chi connectivity index (χ0n) is 24.0. The maximum Gasteiger partial charge on any atom is 0.247 e. The molecule has 2 aliphatic heterocycles. The van der Waals surface area contributed by atoms with Gasteiger partial charge in [-0.25, -0.2) is 5.01 Å². The number of hydrazone groups is 1. The highest BCUT2D eigenvalue weighted by atomic mass is 28.4. The van der Waals surface area contributed by atoms with E-state index >= 15 is 4.11 Å². The van der Waals surface area contributed by atoms with Crippen molar-refractivity contribution in [1.82, 2.24) is 15.0 Å². The number of halogens is 1. The molecule has 0 spiro atoms. The second-order valence-corrected chi connectivity index (χ2v) is 15.2. The van der Waals surface area contributed by atoms with Crippen LogP contribution in [0.25, 0.3) is 0 Å². The van der Waals surface area contributed by atoms with Crippen LogP contribution < -0.4 is 9.75 Å². The zero-order chi connectivity index (χ0) is 29.1. The van der Waals surface area contributed by atoms with Crippen LogP contribution in [0, 0.1) is 5.92 Å². The van der Waals surface area contributed by atoms with Gasteiger partial charge in [-0.15, -0.1) is 5.10 Å². The van der Waals surface area contributed by atoms with E-state index in [0.29, 0.717) is 49.4 Å². The van der Waals surface area contributed by atoms with Gasteiger partial charge in [-0.1, -0.05) is 42.5 Å². The van der Waals surface area contributed by atoms with Gasteiger partial charge in [0.25, 0.3) is 0 Å². The van der Waals surface area contributed by atoms with E-state index in [0.717, 1.165) is 16.8 Å². The Morgan fingerprint density at radius 2 is 1.98 bits per heavy atom. The molecule has 1 N–H and O–H groups in total. The molecular formula is C30H38FN5O4Si. The Morgan fingerprint density at radius 3 is 2.68 bits per heavy atom. The third kappa shape index (κ3) is 6.26. The minimum Gasteiger partial charge on any atom is -0.490 e. The quantitative estimate of drug-likeness (QED) is 0.266. The second kappa shape index (κ2) is 12.2. The summed E-state index contributed by atoms with van der Waals surface area (Å²) in [6.07, 6.45) is 3.00. The molecule has 0 saturated heterocycles. The van der Waals surface area contributed by atoms with Crippen LogP contribution in [0.1, 0.15) is 49.1 Å². The van der Waals surface area contributed by atoms with Crippen LogP contribution in [0.15, 0.2) is 59.8 Å². The molecule has 1 amide bonds. The number of carbonyl (C=O) groups is 1. The molecule has 1 unspecified atom stereocenters. The molecule has 218 valence electrons. The molecule has 11 heteroatoms. The molecular weight excluding hydrogens is 541 g/mol. The number of aliphatic hydroxyl groups is 1. The van der Waals surface area contributed by atoms with Crippen molar-refractivity contribution < 1.29 is 23.5 Å². The maximum atomic E-state index is 15.9. The monoisotopic (exact) mass is 579 g/mol. The van der Waals surface area contributed by atoms with Gasteiger partial charge in [-0.05, 0) is 43.3 Å². The summed E-state index contributed by atoms with van der Waals surface area (Å²) >= 11 is 0. The number of methoxy groups -OCH3 is 1. The summed E-state index contributed by atoms with van der Waals surface area (Å²) in [6, 6.07) is 15.5. The highest BCUT2D eigenvalue weighted by Gasteiger charge is 2.47. The summed E-state index contributed by atoms with van der Waals surface area (Å²) in [4.78, 5) is 12.9. The van der Waals surface area contributed by atoms with E-state index in [1.165, 1.54) is 5.01 Å². The van der Waals surface area contributed by atoms with Crippen LogP contribution in [0.4, 0.5) is 9.80 Å². The van der Waals surface area contributed by atoms with Gasteiger partial charge in [0.15, 0.2) is 0 Å². The number of fused-ring (bicyclic) bond motifs is 1. The summed E-state index contributed by atoms with van der Waals surface area (Å²) in [5.41, 5.74) is 3.72. The van der Waals surface area contributed by atoms with Gasteiger partial charge in [0.2, 0.25) is 14.3 Å². The number of anilines is 1. The maximum absolute atomic E-state index is 15.9. The Labute approximate surface area is 241 Å². The van der Waals surface area contributed by atoms with Gasteiger partial charge >= 0.3 is 0 Å². The van der Waals surface area contributed by atoms with E-state index < -0.39 is 14.5 Å². The zero-order valence-corrected chi connectivity index (χ0v) is 25.0. The Kier molecular flexibility index (Phi) is 8.67. The van der Waals surface area contributed by atoms with Crippen LogP contribution in [-0.4, -0.2) is 59.9 Å². The first kappa shape index (κ1) is 29.1. The third-order valence-electron chi connectivity index (χ3n) is 8.10. The lowest BCUT2D eigenvalue weighted by atomic mass is 9.86.